The number of rotatable bonds is 4. The van der Waals surface area contributed by atoms with Crippen LogP contribution in [0, 0.1) is 0 Å². The van der Waals surface area contributed by atoms with Gasteiger partial charge in [-0.3, -0.25) is 0 Å². The lowest BCUT2D eigenvalue weighted by molar-refractivity contribution is 1.61. The first kappa shape index (κ1) is 48.9. The normalized spacial score (nSPS) is 12.1. The lowest BCUT2D eigenvalue weighted by atomic mass is 9.74. The van der Waals surface area contributed by atoms with E-state index in [0.29, 0.717) is 0 Å². The molecule has 0 saturated heterocycles. The van der Waals surface area contributed by atoms with Crippen LogP contribution in [0.1, 0.15) is 0 Å². The van der Waals surface area contributed by atoms with Gasteiger partial charge in [-0.05, 0) is 221 Å². The van der Waals surface area contributed by atoms with Crippen LogP contribution in [0.2, 0.25) is 0 Å². The van der Waals surface area contributed by atoms with Crippen LogP contribution in [0.15, 0.2) is 315 Å². The smallest absolute Gasteiger partial charge is 0.0000929 e. The number of fused-ring (bicyclic) bond motifs is 20. The summed E-state index contributed by atoms with van der Waals surface area (Å²) in [5, 5.41) is 26.1. The van der Waals surface area contributed by atoms with Gasteiger partial charge in [0.2, 0.25) is 0 Å². The zero-order valence-electron chi connectivity index (χ0n) is 48.0. The molecule has 0 bridgehead atoms. The number of benzene rings is 18. The highest BCUT2D eigenvalue weighted by Crippen LogP contribution is 2.62. The van der Waals surface area contributed by atoms with Crippen molar-refractivity contribution in [3.05, 3.63) is 315 Å². The molecule has 0 fully saturated rings. The molecule has 20 rings (SSSR count). The topological polar surface area (TPSA) is 0 Å². The fourth-order valence-corrected chi connectivity index (χ4v) is 16.0. The highest BCUT2D eigenvalue weighted by molar-refractivity contribution is 6.42. The molecule has 0 aliphatic heterocycles. The second kappa shape index (κ2) is 19.0. The molecule has 0 aromatic heterocycles. The van der Waals surface area contributed by atoms with Gasteiger partial charge in [0.25, 0.3) is 0 Å². The van der Waals surface area contributed by atoms with Gasteiger partial charge in [0.1, 0.15) is 0 Å². The maximum atomic E-state index is 2.41. The summed E-state index contributed by atoms with van der Waals surface area (Å²) in [4.78, 5) is 0. The van der Waals surface area contributed by atoms with E-state index in [9.17, 15) is 0 Å². The minimum atomic E-state index is 1.22. The molecule has 0 unspecified atom stereocenters. The van der Waals surface area contributed by atoms with Gasteiger partial charge in [0, 0.05) is 0 Å². The SMILES string of the molecule is c1cc2c3c(cccc3c1)-c1cc3cc4c5ccccc5c5ccccc5c4cc3cc1-2.c1ccc(-c2c3c(c(-c4ccccc4)c4c(-c5ccccc5)c5c6ccccc6c6ccccc6c5c(-c5ccccc5)c24)-c2cccc4cccc-3c24)cc1. The molecule has 2 aliphatic rings. The van der Waals surface area contributed by atoms with Crippen molar-refractivity contribution in [1.82, 2.24) is 0 Å². The predicted molar refractivity (Wildman–Crippen MR) is 379 cm³/mol. The van der Waals surface area contributed by atoms with Crippen molar-refractivity contribution in [2.45, 2.75) is 0 Å². The summed E-state index contributed by atoms with van der Waals surface area (Å²) in [5.41, 5.74) is 20.7. The van der Waals surface area contributed by atoms with Crippen LogP contribution in [-0.2, 0) is 0 Å². The van der Waals surface area contributed by atoms with Crippen LogP contribution < -0.4 is 0 Å². The van der Waals surface area contributed by atoms with Crippen LogP contribution in [0.25, 0.3) is 197 Å². The van der Waals surface area contributed by atoms with Gasteiger partial charge in [-0.2, -0.15) is 0 Å². The minimum absolute atomic E-state index is 1.22. The molecule has 404 valence electrons. The molecule has 0 N–H and O–H groups in total. The van der Waals surface area contributed by atoms with Crippen LogP contribution >= 0.6 is 0 Å². The summed E-state index contributed by atoms with van der Waals surface area (Å²) in [7, 11) is 0. The molecule has 0 atom stereocenters. The zero-order chi connectivity index (χ0) is 57.6. The molecular formula is C88H52. The average Bonchev–Trinajstić information content (AvgIpc) is 1.19. The van der Waals surface area contributed by atoms with Crippen molar-refractivity contribution >= 4 is 108 Å². The first-order chi connectivity index (χ1) is 43.7. The maximum absolute atomic E-state index is 2.41. The monoisotopic (exact) mass is 1110 g/mol. The summed E-state index contributed by atoms with van der Waals surface area (Å²) in [6, 6.07) is 117. The average molecular weight is 1110 g/mol. The minimum Gasteiger partial charge on any atom is -0.0622 e. The Morgan fingerprint density at radius 1 is 0.125 bits per heavy atom. The van der Waals surface area contributed by atoms with E-state index < -0.39 is 0 Å². The van der Waals surface area contributed by atoms with Crippen LogP contribution in [0.5, 0.6) is 0 Å². The van der Waals surface area contributed by atoms with E-state index in [1.807, 2.05) is 0 Å². The predicted octanol–water partition coefficient (Wildman–Crippen LogP) is 24.9. The van der Waals surface area contributed by atoms with Crippen molar-refractivity contribution < 1.29 is 0 Å². The molecule has 88 heavy (non-hydrogen) atoms. The fourth-order valence-electron chi connectivity index (χ4n) is 16.0. The van der Waals surface area contributed by atoms with Crippen molar-refractivity contribution in [1.29, 1.82) is 0 Å². The van der Waals surface area contributed by atoms with Gasteiger partial charge in [-0.15, -0.1) is 0 Å². The number of hydrogen-bond donors (Lipinski definition) is 0. The lowest BCUT2D eigenvalue weighted by Crippen LogP contribution is -2.00. The summed E-state index contributed by atoms with van der Waals surface area (Å²) >= 11 is 0. The number of hydrogen-bond acceptors (Lipinski definition) is 0. The fraction of sp³-hybridized carbons (Fsp3) is 0. The highest BCUT2D eigenvalue weighted by Gasteiger charge is 2.35. The third-order valence-corrected chi connectivity index (χ3v) is 19.4. The van der Waals surface area contributed by atoms with E-state index in [1.54, 1.807) is 0 Å². The molecule has 0 saturated carbocycles. The van der Waals surface area contributed by atoms with E-state index in [0.717, 1.165) is 0 Å². The highest BCUT2D eigenvalue weighted by atomic mass is 14.4. The molecule has 0 heteroatoms. The second-order valence-electron chi connectivity index (χ2n) is 24.0. The van der Waals surface area contributed by atoms with Gasteiger partial charge in [-0.1, -0.05) is 291 Å². The summed E-state index contributed by atoms with van der Waals surface area (Å²) < 4.78 is 0. The molecule has 0 amide bonds. The first-order valence-corrected chi connectivity index (χ1v) is 30.7. The van der Waals surface area contributed by atoms with Gasteiger partial charge in [-0.25, -0.2) is 0 Å². The Labute approximate surface area is 509 Å². The van der Waals surface area contributed by atoms with Crippen molar-refractivity contribution in [3.63, 3.8) is 0 Å². The largest absolute Gasteiger partial charge is 0.0622 e. The quantitative estimate of drug-likeness (QED) is 0.122. The van der Waals surface area contributed by atoms with Crippen molar-refractivity contribution in [3.8, 4) is 89.0 Å². The molecule has 0 radical (unpaired) electrons. The molecule has 18 aromatic carbocycles. The Morgan fingerprint density at radius 2 is 0.398 bits per heavy atom. The van der Waals surface area contributed by atoms with E-state index in [4.69, 9.17) is 0 Å². The van der Waals surface area contributed by atoms with Gasteiger partial charge in [0.05, 0.1) is 0 Å². The molecular weight excluding hydrogens is 1060 g/mol. The summed E-state index contributed by atoms with van der Waals surface area (Å²) in [6.07, 6.45) is 0. The third kappa shape index (κ3) is 6.97. The summed E-state index contributed by atoms with van der Waals surface area (Å²) in [5.74, 6) is 0. The van der Waals surface area contributed by atoms with Crippen LogP contribution in [0.4, 0.5) is 0 Å². The molecule has 0 heterocycles. The van der Waals surface area contributed by atoms with E-state index in [2.05, 4.69) is 315 Å². The Kier molecular flexibility index (Phi) is 10.6. The van der Waals surface area contributed by atoms with Gasteiger partial charge in [0.15, 0.2) is 0 Å². The molecule has 18 aromatic rings. The first-order valence-electron chi connectivity index (χ1n) is 30.7. The van der Waals surface area contributed by atoms with Crippen molar-refractivity contribution in [2.24, 2.45) is 0 Å². The lowest BCUT2D eigenvalue weighted by Gasteiger charge is -2.28. The van der Waals surface area contributed by atoms with E-state index >= 15 is 0 Å². The second-order valence-corrected chi connectivity index (χ2v) is 24.0. The maximum Gasteiger partial charge on any atom is -0.0000929 e. The van der Waals surface area contributed by atoms with E-state index in [1.165, 1.54) is 197 Å². The molecule has 2 aliphatic carbocycles. The Morgan fingerprint density at radius 3 is 0.750 bits per heavy atom. The Balaban J connectivity index is 0.000000148. The van der Waals surface area contributed by atoms with Gasteiger partial charge >= 0.3 is 0 Å². The van der Waals surface area contributed by atoms with Crippen LogP contribution in [-0.4, -0.2) is 0 Å². The Hall–Kier alpha value is -11.4. The standard InChI is InChI=1S/C56H34.C32H18/c1-5-19-36(20-6-1)47-51-42-31-15-13-29-40(42)41-30-14-16-32-43(41)52(51)48(37-21-7-2-8-22-37)56-50(39-25-11-4-12-26-39)54-45-34-18-28-35-27-17-33-44(46(35)45)53(54)49(55(47)56)38-23-9-3-10-24-38;1-3-11-24-22(9-1)23-10-2-4-12-25(23)29-16-21-18-31-27-14-6-8-19-7-5-13-26(32(19)27)30(31)17-20(21)15-28(24)29/h1-34H;1-18H. The third-order valence-electron chi connectivity index (χ3n) is 19.4. The summed E-state index contributed by atoms with van der Waals surface area (Å²) in [6.45, 7) is 0. The van der Waals surface area contributed by atoms with Gasteiger partial charge < -0.3 is 0 Å². The zero-order valence-corrected chi connectivity index (χ0v) is 48.0. The Bertz CT molecular complexity index is 5640. The van der Waals surface area contributed by atoms with Crippen LogP contribution in [0.3, 0.4) is 0 Å². The van der Waals surface area contributed by atoms with E-state index in [-0.39, 0.29) is 0 Å². The molecule has 0 nitrogen and oxygen atoms in total. The van der Waals surface area contributed by atoms with Crippen molar-refractivity contribution in [2.75, 3.05) is 0 Å². The molecule has 0 spiro atoms.